The molecule has 112 valence electrons. The summed E-state index contributed by atoms with van der Waals surface area (Å²) in [5.41, 5.74) is 1.03. The van der Waals surface area contributed by atoms with Gasteiger partial charge in [-0.2, -0.15) is 0 Å². The van der Waals surface area contributed by atoms with Gasteiger partial charge in [-0.15, -0.1) is 0 Å². The van der Waals surface area contributed by atoms with Crippen LogP contribution in [0.4, 0.5) is 0 Å². The second-order valence-electron chi connectivity index (χ2n) is 4.94. The molecule has 1 aromatic carbocycles. The van der Waals surface area contributed by atoms with Crippen LogP contribution in [-0.2, 0) is 0 Å². The van der Waals surface area contributed by atoms with Crippen molar-refractivity contribution in [2.75, 3.05) is 26.7 Å². The highest BCUT2D eigenvalue weighted by Crippen LogP contribution is 2.22. The fraction of sp³-hybridized carbons (Fsp3) is 0.400. The number of imide groups is 1. The number of carbonyl (C=O) groups excluding carboxylic acids is 3. The number of hydrogen-bond donors (Lipinski definition) is 2. The van der Waals surface area contributed by atoms with E-state index in [1.165, 1.54) is 19.2 Å². The normalized spacial score (nSPS) is 13.5. The maximum atomic E-state index is 12.0. The summed E-state index contributed by atoms with van der Waals surface area (Å²) in [4.78, 5) is 36.7. The zero-order valence-corrected chi connectivity index (χ0v) is 12.2. The minimum Gasteiger partial charge on any atom is -0.351 e. The van der Waals surface area contributed by atoms with Crippen LogP contribution in [0.3, 0.4) is 0 Å². The number of hydrogen-bond acceptors (Lipinski definition) is 4. The molecule has 1 aromatic rings. The fourth-order valence-electron chi connectivity index (χ4n) is 2.17. The summed E-state index contributed by atoms with van der Waals surface area (Å²) in [6, 6.07) is 4.58. The Morgan fingerprint density at radius 2 is 1.81 bits per heavy atom. The van der Waals surface area contributed by atoms with Crippen molar-refractivity contribution >= 4 is 17.7 Å². The number of amides is 3. The first-order chi connectivity index (χ1) is 10.1. The van der Waals surface area contributed by atoms with Crippen LogP contribution in [0.25, 0.3) is 0 Å². The molecule has 0 spiro atoms. The van der Waals surface area contributed by atoms with E-state index in [9.17, 15) is 14.4 Å². The predicted octanol–water partition coefficient (Wildman–Crippen LogP) is 0.642. The molecule has 0 unspecified atom stereocenters. The van der Waals surface area contributed by atoms with Gasteiger partial charge in [0.15, 0.2) is 0 Å². The van der Waals surface area contributed by atoms with Crippen molar-refractivity contribution in [3.63, 3.8) is 0 Å². The molecule has 0 saturated carbocycles. The molecular weight excluding hydrogens is 270 g/mol. The van der Waals surface area contributed by atoms with E-state index in [0.29, 0.717) is 29.8 Å². The van der Waals surface area contributed by atoms with Crippen LogP contribution < -0.4 is 10.6 Å². The van der Waals surface area contributed by atoms with Gasteiger partial charge >= 0.3 is 0 Å². The molecule has 0 aliphatic carbocycles. The summed E-state index contributed by atoms with van der Waals surface area (Å²) >= 11 is 0. The van der Waals surface area contributed by atoms with Crippen molar-refractivity contribution in [1.82, 2.24) is 15.5 Å². The molecule has 1 heterocycles. The Bertz CT molecular complexity index is 584. The van der Waals surface area contributed by atoms with Crippen LogP contribution >= 0.6 is 0 Å². The van der Waals surface area contributed by atoms with E-state index in [-0.39, 0.29) is 17.7 Å². The van der Waals surface area contributed by atoms with Crippen LogP contribution in [0.15, 0.2) is 18.2 Å². The van der Waals surface area contributed by atoms with Gasteiger partial charge in [-0.05, 0) is 31.2 Å². The summed E-state index contributed by atoms with van der Waals surface area (Å²) in [6.45, 7) is 4.20. The lowest BCUT2D eigenvalue weighted by atomic mass is 10.1. The summed E-state index contributed by atoms with van der Waals surface area (Å²) in [6.07, 6.45) is 1.04. The Morgan fingerprint density at radius 3 is 2.52 bits per heavy atom. The molecule has 2 rings (SSSR count). The average molecular weight is 289 g/mol. The summed E-state index contributed by atoms with van der Waals surface area (Å²) in [7, 11) is 1.43. The molecule has 21 heavy (non-hydrogen) atoms. The lowest BCUT2D eigenvalue weighted by Gasteiger charge is -2.06. The van der Waals surface area contributed by atoms with Crippen LogP contribution in [-0.4, -0.2) is 49.3 Å². The van der Waals surface area contributed by atoms with Gasteiger partial charge in [-0.3, -0.25) is 19.3 Å². The molecule has 0 aromatic heterocycles. The fourth-order valence-corrected chi connectivity index (χ4v) is 2.17. The summed E-state index contributed by atoms with van der Waals surface area (Å²) < 4.78 is 0. The standard InChI is InChI=1S/C15H19N3O3/c1-3-6-16-7-8-17-13(19)10-4-5-11-12(9-10)15(21)18(2)14(11)20/h4-5,9,16H,3,6-8H2,1-2H3,(H,17,19). The lowest BCUT2D eigenvalue weighted by Crippen LogP contribution is -2.32. The molecule has 6 nitrogen and oxygen atoms in total. The molecular formula is C15H19N3O3. The van der Waals surface area contributed by atoms with Crippen molar-refractivity contribution in [2.45, 2.75) is 13.3 Å². The van der Waals surface area contributed by atoms with Gasteiger partial charge in [0.25, 0.3) is 17.7 Å². The molecule has 0 saturated heterocycles. The molecule has 1 aliphatic rings. The SMILES string of the molecule is CCCNCCNC(=O)c1ccc2c(c1)C(=O)N(C)C2=O. The first kappa shape index (κ1) is 15.2. The van der Waals surface area contributed by atoms with E-state index < -0.39 is 0 Å². The Hall–Kier alpha value is -2.21. The number of benzene rings is 1. The van der Waals surface area contributed by atoms with Crippen molar-refractivity contribution in [1.29, 1.82) is 0 Å². The van der Waals surface area contributed by atoms with Crippen molar-refractivity contribution in [3.8, 4) is 0 Å². The Kier molecular flexibility index (Phi) is 4.70. The zero-order valence-electron chi connectivity index (χ0n) is 12.2. The van der Waals surface area contributed by atoms with E-state index in [1.807, 2.05) is 0 Å². The Labute approximate surface area is 123 Å². The topological polar surface area (TPSA) is 78.5 Å². The van der Waals surface area contributed by atoms with Crippen LogP contribution in [0.5, 0.6) is 0 Å². The van der Waals surface area contributed by atoms with Gasteiger partial charge in [-0.25, -0.2) is 0 Å². The third-order valence-corrected chi connectivity index (χ3v) is 3.37. The maximum Gasteiger partial charge on any atom is 0.261 e. The molecule has 0 atom stereocenters. The molecule has 3 amide bonds. The number of nitrogens with zero attached hydrogens (tertiary/aromatic N) is 1. The monoisotopic (exact) mass is 289 g/mol. The smallest absolute Gasteiger partial charge is 0.261 e. The van der Waals surface area contributed by atoms with Gasteiger partial charge in [0.2, 0.25) is 0 Å². The Balaban J connectivity index is 2.01. The zero-order chi connectivity index (χ0) is 15.4. The highest BCUT2D eigenvalue weighted by atomic mass is 16.2. The average Bonchev–Trinajstić information content (AvgIpc) is 2.71. The summed E-state index contributed by atoms with van der Waals surface area (Å²) in [5.74, 6) is -0.939. The number of rotatable bonds is 6. The second kappa shape index (κ2) is 6.49. The number of carbonyl (C=O) groups is 3. The van der Waals surface area contributed by atoms with Crippen molar-refractivity contribution in [3.05, 3.63) is 34.9 Å². The molecule has 0 bridgehead atoms. The van der Waals surface area contributed by atoms with E-state index in [1.54, 1.807) is 6.07 Å². The lowest BCUT2D eigenvalue weighted by molar-refractivity contribution is 0.0693. The maximum absolute atomic E-state index is 12.0. The van der Waals surface area contributed by atoms with Gasteiger partial charge < -0.3 is 10.6 Å². The van der Waals surface area contributed by atoms with Gasteiger partial charge in [0.1, 0.15) is 0 Å². The minimum atomic E-state index is -0.366. The van der Waals surface area contributed by atoms with Crippen LogP contribution in [0, 0.1) is 0 Å². The highest BCUT2D eigenvalue weighted by molar-refractivity contribution is 6.21. The molecule has 6 heteroatoms. The first-order valence-corrected chi connectivity index (χ1v) is 7.01. The van der Waals surface area contributed by atoms with Crippen LogP contribution in [0.2, 0.25) is 0 Å². The molecule has 0 fully saturated rings. The van der Waals surface area contributed by atoms with Crippen LogP contribution in [0.1, 0.15) is 44.4 Å². The van der Waals surface area contributed by atoms with E-state index >= 15 is 0 Å². The minimum absolute atomic E-state index is 0.245. The number of fused-ring (bicyclic) bond motifs is 1. The quantitative estimate of drug-likeness (QED) is 0.595. The van der Waals surface area contributed by atoms with Crippen molar-refractivity contribution in [2.24, 2.45) is 0 Å². The third kappa shape index (κ3) is 3.11. The van der Waals surface area contributed by atoms with E-state index in [4.69, 9.17) is 0 Å². The molecule has 2 N–H and O–H groups in total. The van der Waals surface area contributed by atoms with E-state index in [2.05, 4.69) is 17.6 Å². The first-order valence-electron chi connectivity index (χ1n) is 7.01. The highest BCUT2D eigenvalue weighted by Gasteiger charge is 2.33. The summed E-state index contributed by atoms with van der Waals surface area (Å²) in [5, 5.41) is 5.96. The predicted molar refractivity (Wildman–Crippen MR) is 78.4 cm³/mol. The number of nitrogens with one attached hydrogen (secondary N) is 2. The van der Waals surface area contributed by atoms with Crippen molar-refractivity contribution < 1.29 is 14.4 Å². The molecule has 0 radical (unpaired) electrons. The largest absolute Gasteiger partial charge is 0.351 e. The van der Waals surface area contributed by atoms with Gasteiger partial charge in [-0.1, -0.05) is 6.92 Å². The van der Waals surface area contributed by atoms with E-state index in [0.717, 1.165) is 17.9 Å². The van der Waals surface area contributed by atoms with Gasteiger partial charge in [0.05, 0.1) is 11.1 Å². The second-order valence-corrected chi connectivity index (χ2v) is 4.94. The third-order valence-electron chi connectivity index (χ3n) is 3.37. The Morgan fingerprint density at radius 1 is 1.10 bits per heavy atom. The van der Waals surface area contributed by atoms with Gasteiger partial charge in [0, 0.05) is 25.7 Å². The molecule has 1 aliphatic heterocycles.